The Hall–Kier alpha value is -2.57. The highest BCUT2D eigenvalue weighted by atomic mass is 16.6. The van der Waals surface area contributed by atoms with E-state index in [-0.39, 0.29) is 18.2 Å². The first-order chi connectivity index (χ1) is 11.6. The molecule has 0 fully saturated rings. The molecule has 0 unspecified atom stereocenters. The molecule has 7 heteroatoms. The van der Waals surface area contributed by atoms with Crippen LogP contribution in [0.2, 0.25) is 0 Å². The second-order valence-electron chi connectivity index (χ2n) is 6.82. The minimum Gasteiger partial charge on any atom is -0.444 e. The molecule has 0 heterocycles. The number of amides is 3. The van der Waals surface area contributed by atoms with Crippen LogP contribution in [0.25, 0.3) is 0 Å². The maximum atomic E-state index is 12.0. The van der Waals surface area contributed by atoms with Crippen LogP contribution >= 0.6 is 0 Å². The summed E-state index contributed by atoms with van der Waals surface area (Å²) in [6.07, 6.45) is -0.209. The van der Waals surface area contributed by atoms with Crippen molar-refractivity contribution in [2.75, 3.05) is 18.9 Å². The molecular weight excluding hydrogens is 322 g/mol. The highest BCUT2D eigenvalue weighted by Gasteiger charge is 2.19. The van der Waals surface area contributed by atoms with Gasteiger partial charge in [-0.3, -0.25) is 9.59 Å². The second kappa shape index (κ2) is 9.05. The Kier molecular flexibility index (Phi) is 7.42. The first-order valence-electron chi connectivity index (χ1n) is 8.14. The van der Waals surface area contributed by atoms with E-state index in [1.807, 2.05) is 32.9 Å². The fourth-order valence-electron chi connectivity index (χ4n) is 2.00. The molecule has 0 saturated carbocycles. The van der Waals surface area contributed by atoms with Crippen LogP contribution < -0.4 is 10.6 Å². The molecule has 0 spiro atoms. The van der Waals surface area contributed by atoms with Crippen molar-refractivity contribution in [3.8, 4) is 0 Å². The van der Waals surface area contributed by atoms with E-state index in [0.717, 1.165) is 5.56 Å². The molecule has 0 aromatic heterocycles. The third kappa shape index (κ3) is 8.74. The lowest BCUT2D eigenvalue weighted by Gasteiger charge is -2.24. The Labute approximate surface area is 148 Å². The van der Waals surface area contributed by atoms with E-state index in [2.05, 4.69) is 10.6 Å². The molecule has 25 heavy (non-hydrogen) atoms. The summed E-state index contributed by atoms with van der Waals surface area (Å²) in [5, 5.41) is 5.34. The molecule has 1 aromatic carbocycles. The Morgan fingerprint density at radius 2 is 1.88 bits per heavy atom. The maximum absolute atomic E-state index is 12.0. The first-order valence-corrected chi connectivity index (χ1v) is 8.14. The van der Waals surface area contributed by atoms with Gasteiger partial charge in [0.2, 0.25) is 11.8 Å². The van der Waals surface area contributed by atoms with E-state index >= 15 is 0 Å². The normalized spacial score (nSPS) is 10.8. The summed E-state index contributed by atoms with van der Waals surface area (Å²) < 4.78 is 5.31. The summed E-state index contributed by atoms with van der Waals surface area (Å²) in [5.74, 6) is -0.355. The molecule has 0 aliphatic rings. The minimum atomic E-state index is -0.547. The van der Waals surface area contributed by atoms with Crippen molar-refractivity contribution < 1.29 is 19.1 Å². The molecule has 0 bridgehead atoms. The Balaban J connectivity index is 2.58. The Bertz CT molecular complexity index is 623. The van der Waals surface area contributed by atoms with E-state index < -0.39 is 11.7 Å². The Morgan fingerprint density at radius 1 is 1.20 bits per heavy atom. The van der Waals surface area contributed by atoms with Crippen LogP contribution in [0.3, 0.4) is 0 Å². The molecule has 1 rings (SSSR count). The lowest BCUT2D eigenvalue weighted by atomic mass is 10.2. The first kappa shape index (κ1) is 20.5. The molecule has 0 aliphatic heterocycles. The quantitative estimate of drug-likeness (QED) is 0.826. The molecule has 3 amide bonds. The van der Waals surface area contributed by atoms with E-state index in [4.69, 9.17) is 4.74 Å². The lowest BCUT2D eigenvalue weighted by Crippen LogP contribution is -2.33. The maximum Gasteiger partial charge on any atom is 0.410 e. The van der Waals surface area contributed by atoms with Crippen molar-refractivity contribution in [1.82, 2.24) is 10.2 Å². The average molecular weight is 349 g/mol. The number of ether oxygens (including phenoxy) is 1. The summed E-state index contributed by atoms with van der Waals surface area (Å²) >= 11 is 0. The lowest BCUT2D eigenvalue weighted by molar-refractivity contribution is -0.119. The molecule has 1 aromatic rings. The molecule has 0 saturated heterocycles. The highest BCUT2D eigenvalue weighted by molar-refractivity contribution is 5.91. The van der Waals surface area contributed by atoms with Gasteiger partial charge < -0.3 is 20.3 Å². The molecular formula is C18H27N3O4. The summed E-state index contributed by atoms with van der Waals surface area (Å²) in [4.78, 5) is 36.1. The standard InChI is InChI=1S/C18H27N3O4/c1-13(22)19-10-9-16(23)20-15-8-6-7-14(11-15)12-21(5)17(24)25-18(2,3)4/h6-8,11H,9-10,12H2,1-5H3,(H,19,22)(H,20,23). The zero-order valence-corrected chi connectivity index (χ0v) is 15.5. The zero-order valence-electron chi connectivity index (χ0n) is 15.5. The van der Waals surface area contributed by atoms with Gasteiger partial charge in [-0.25, -0.2) is 4.79 Å². The van der Waals surface area contributed by atoms with Gasteiger partial charge in [0.05, 0.1) is 0 Å². The zero-order chi connectivity index (χ0) is 19.0. The number of carbonyl (C=O) groups excluding carboxylic acids is 3. The highest BCUT2D eigenvalue weighted by Crippen LogP contribution is 2.15. The van der Waals surface area contributed by atoms with Crippen LogP contribution in [0.15, 0.2) is 24.3 Å². The molecule has 0 aliphatic carbocycles. The predicted molar refractivity (Wildman–Crippen MR) is 96.1 cm³/mol. The summed E-state index contributed by atoms with van der Waals surface area (Å²) in [6.45, 7) is 7.51. The fraction of sp³-hybridized carbons (Fsp3) is 0.500. The number of hydrogen-bond acceptors (Lipinski definition) is 4. The van der Waals surface area contributed by atoms with Gasteiger partial charge in [-0.2, -0.15) is 0 Å². The number of carbonyl (C=O) groups is 3. The molecule has 0 atom stereocenters. The average Bonchev–Trinajstić information content (AvgIpc) is 2.45. The van der Waals surface area contributed by atoms with Crippen molar-refractivity contribution in [2.24, 2.45) is 0 Å². The Morgan fingerprint density at radius 3 is 2.48 bits per heavy atom. The number of benzene rings is 1. The topological polar surface area (TPSA) is 87.7 Å². The second-order valence-corrected chi connectivity index (χ2v) is 6.82. The van der Waals surface area contributed by atoms with Crippen molar-refractivity contribution in [2.45, 2.75) is 46.3 Å². The van der Waals surface area contributed by atoms with Gasteiger partial charge in [-0.15, -0.1) is 0 Å². The SMILES string of the molecule is CC(=O)NCCC(=O)Nc1cccc(CN(C)C(=O)OC(C)(C)C)c1. The van der Waals surface area contributed by atoms with Gasteiger partial charge in [0.15, 0.2) is 0 Å². The van der Waals surface area contributed by atoms with E-state index in [0.29, 0.717) is 18.8 Å². The van der Waals surface area contributed by atoms with Crippen molar-refractivity contribution >= 4 is 23.6 Å². The van der Waals surface area contributed by atoms with Gasteiger partial charge in [0.1, 0.15) is 5.60 Å². The van der Waals surface area contributed by atoms with Gasteiger partial charge in [-0.05, 0) is 38.5 Å². The van der Waals surface area contributed by atoms with E-state index in [1.165, 1.54) is 11.8 Å². The number of hydrogen-bond donors (Lipinski definition) is 2. The predicted octanol–water partition coefficient (Wildman–Crippen LogP) is 2.52. The van der Waals surface area contributed by atoms with Gasteiger partial charge in [0, 0.05) is 39.2 Å². The minimum absolute atomic E-state index is 0.167. The summed E-state index contributed by atoms with van der Waals surface area (Å²) in [7, 11) is 1.66. The van der Waals surface area contributed by atoms with Gasteiger partial charge >= 0.3 is 6.09 Å². The molecule has 2 N–H and O–H groups in total. The third-order valence-corrected chi connectivity index (χ3v) is 3.06. The van der Waals surface area contributed by atoms with Gasteiger partial charge in [0.25, 0.3) is 0 Å². The summed E-state index contributed by atoms with van der Waals surface area (Å²) in [5.41, 5.74) is 0.964. The van der Waals surface area contributed by atoms with Crippen LogP contribution in [0.4, 0.5) is 10.5 Å². The van der Waals surface area contributed by atoms with Crippen molar-refractivity contribution in [1.29, 1.82) is 0 Å². The van der Waals surface area contributed by atoms with Crippen LogP contribution in [0.1, 0.15) is 39.7 Å². The molecule has 7 nitrogen and oxygen atoms in total. The summed E-state index contributed by atoms with van der Waals surface area (Å²) in [6, 6.07) is 7.25. The van der Waals surface area contributed by atoms with Crippen LogP contribution in [0, 0.1) is 0 Å². The van der Waals surface area contributed by atoms with Gasteiger partial charge in [-0.1, -0.05) is 12.1 Å². The van der Waals surface area contributed by atoms with Crippen LogP contribution in [0.5, 0.6) is 0 Å². The van der Waals surface area contributed by atoms with E-state index in [9.17, 15) is 14.4 Å². The van der Waals surface area contributed by atoms with Crippen molar-refractivity contribution in [3.63, 3.8) is 0 Å². The largest absolute Gasteiger partial charge is 0.444 e. The number of anilines is 1. The van der Waals surface area contributed by atoms with Crippen molar-refractivity contribution in [3.05, 3.63) is 29.8 Å². The van der Waals surface area contributed by atoms with Crippen LogP contribution in [-0.2, 0) is 20.9 Å². The number of nitrogens with zero attached hydrogens (tertiary/aromatic N) is 1. The number of rotatable bonds is 6. The molecule has 0 radical (unpaired) electrons. The number of nitrogens with one attached hydrogen (secondary N) is 2. The smallest absolute Gasteiger partial charge is 0.410 e. The third-order valence-electron chi connectivity index (χ3n) is 3.06. The van der Waals surface area contributed by atoms with Crippen LogP contribution in [-0.4, -0.2) is 42.0 Å². The monoisotopic (exact) mass is 349 g/mol. The molecule has 138 valence electrons. The van der Waals surface area contributed by atoms with E-state index in [1.54, 1.807) is 19.2 Å². The fourth-order valence-corrected chi connectivity index (χ4v) is 2.00.